The average Bonchev–Trinajstić information content (AvgIpc) is 2.30. The molecule has 0 bridgehead atoms. The van der Waals surface area contributed by atoms with Gasteiger partial charge in [0.1, 0.15) is 0 Å². The molecular weight excluding hydrogens is 172 g/mol. The molecule has 0 spiro atoms. The Bertz CT molecular complexity index is 145. The van der Waals surface area contributed by atoms with E-state index >= 15 is 0 Å². The van der Waals surface area contributed by atoms with E-state index < -0.39 is 0 Å². The lowest BCUT2D eigenvalue weighted by molar-refractivity contribution is 0.343. The van der Waals surface area contributed by atoms with Crippen molar-refractivity contribution in [2.75, 3.05) is 26.7 Å². The Labute approximate surface area is 89.1 Å². The van der Waals surface area contributed by atoms with Crippen molar-refractivity contribution in [1.82, 2.24) is 10.2 Å². The summed E-state index contributed by atoms with van der Waals surface area (Å²) in [5.74, 6) is 0.830. The Morgan fingerprint density at radius 2 is 2.07 bits per heavy atom. The lowest BCUT2D eigenvalue weighted by Crippen LogP contribution is -2.31. The summed E-state index contributed by atoms with van der Waals surface area (Å²) in [6, 6.07) is 0.777. The minimum atomic E-state index is 0.777. The van der Waals surface area contributed by atoms with Crippen LogP contribution in [-0.2, 0) is 0 Å². The second-order valence-electron chi connectivity index (χ2n) is 5.07. The Morgan fingerprint density at radius 1 is 1.29 bits per heavy atom. The van der Waals surface area contributed by atoms with E-state index in [0.717, 1.165) is 12.0 Å². The van der Waals surface area contributed by atoms with Gasteiger partial charge in [0.05, 0.1) is 0 Å². The van der Waals surface area contributed by atoms with Gasteiger partial charge in [-0.05, 0) is 58.3 Å². The first-order valence-electron chi connectivity index (χ1n) is 6.10. The van der Waals surface area contributed by atoms with E-state index in [2.05, 4.69) is 31.1 Å². The zero-order valence-electron chi connectivity index (χ0n) is 10.1. The van der Waals surface area contributed by atoms with Crippen LogP contribution < -0.4 is 5.32 Å². The molecule has 14 heavy (non-hydrogen) atoms. The number of hydrogen-bond donors (Lipinski definition) is 1. The van der Waals surface area contributed by atoms with Crippen LogP contribution in [0.4, 0.5) is 0 Å². The van der Waals surface area contributed by atoms with Crippen molar-refractivity contribution in [3.05, 3.63) is 0 Å². The zero-order chi connectivity index (χ0) is 10.4. The van der Waals surface area contributed by atoms with E-state index in [1.807, 2.05) is 0 Å². The monoisotopic (exact) mass is 198 g/mol. The molecule has 84 valence electrons. The molecule has 1 N–H and O–H groups in total. The van der Waals surface area contributed by atoms with Crippen molar-refractivity contribution < 1.29 is 0 Å². The molecule has 0 radical (unpaired) electrons. The van der Waals surface area contributed by atoms with E-state index in [-0.39, 0.29) is 0 Å². The van der Waals surface area contributed by atoms with Crippen molar-refractivity contribution in [3.63, 3.8) is 0 Å². The molecule has 0 amide bonds. The summed E-state index contributed by atoms with van der Waals surface area (Å²) in [6.45, 7) is 8.33. The predicted octanol–water partition coefficient (Wildman–Crippen LogP) is 2.11. The molecule has 1 unspecified atom stereocenters. The van der Waals surface area contributed by atoms with Crippen molar-refractivity contribution >= 4 is 0 Å². The third kappa shape index (κ3) is 4.97. The van der Waals surface area contributed by atoms with Gasteiger partial charge in [0.25, 0.3) is 0 Å². The van der Waals surface area contributed by atoms with Crippen molar-refractivity contribution in [1.29, 1.82) is 0 Å². The number of nitrogens with zero attached hydrogens (tertiary/aromatic N) is 1. The summed E-state index contributed by atoms with van der Waals surface area (Å²) in [5, 5.41) is 3.69. The first kappa shape index (κ1) is 12.0. The molecular formula is C12H26N2. The molecule has 0 aromatic carbocycles. The molecule has 0 saturated carbocycles. The lowest BCUT2D eigenvalue weighted by atomic mass is 10.1. The van der Waals surface area contributed by atoms with Gasteiger partial charge in [0, 0.05) is 6.04 Å². The highest BCUT2D eigenvalue weighted by Crippen LogP contribution is 2.09. The SMILES string of the molecule is CC(C)CCNC1CCCN(C)CC1. The van der Waals surface area contributed by atoms with E-state index in [9.17, 15) is 0 Å². The summed E-state index contributed by atoms with van der Waals surface area (Å²) < 4.78 is 0. The van der Waals surface area contributed by atoms with Crippen molar-refractivity contribution in [2.24, 2.45) is 5.92 Å². The maximum absolute atomic E-state index is 3.69. The van der Waals surface area contributed by atoms with E-state index in [1.165, 1.54) is 45.3 Å². The molecule has 0 aromatic heterocycles. The minimum Gasteiger partial charge on any atom is -0.314 e. The zero-order valence-corrected chi connectivity index (χ0v) is 10.1. The van der Waals surface area contributed by atoms with Gasteiger partial charge in [-0.2, -0.15) is 0 Å². The van der Waals surface area contributed by atoms with Crippen LogP contribution in [0.2, 0.25) is 0 Å². The number of likely N-dealkylation sites (tertiary alicyclic amines) is 1. The van der Waals surface area contributed by atoms with Crippen LogP contribution >= 0.6 is 0 Å². The highest BCUT2D eigenvalue weighted by molar-refractivity contribution is 4.73. The fourth-order valence-corrected chi connectivity index (χ4v) is 2.02. The topological polar surface area (TPSA) is 15.3 Å². The van der Waals surface area contributed by atoms with Gasteiger partial charge in [-0.1, -0.05) is 13.8 Å². The first-order chi connectivity index (χ1) is 6.68. The molecule has 1 atom stereocenters. The van der Waals surface area contributed by atoms with Crippen LogP contribution in [0.15, 0.2) is 0 Å². The van der Waals surface area contributed by atoms with Crippen LogP contribution in [0, 0.1) is 5.92 Å². The molecule has 1 saturated heterocycles. The Hall–Kier alpha value is -0.0800. The summed E-state index contributed by atoms with van der Waals surface area (Å²) in [5.41, 5.74) is 0. The highest BCUT2D eigenvalue weighted by Gasteiger charge is 2.13. The molecule has 1 rings (SSSR count). The predicted molar refractivity (Wildman–Crippen MR) is 62.6 cm³/mol. The number of rotatable bonds is 4. The summed E-state index contributed by atoms with van der Waals surface area (Å²) in [4.78, 5) is 2.45. The van der Waals surface area contributed by atoms with E-state index in [0.29, 0.717) is 0 Å². The van der Waals surface area contributed by atoms with Crippen LogP contribution in [0.1, 0.15) is 39.5 Å². The van der Waals surface area contributed by atoms with Gasteiger partial charge in [0.15, 0.2) is 0 Å². The normalized spacial score (nSPS) is 25.3. The van der Waals surface area contributed by atoms with Crippen LogP contribution in [0.25, 0.3) is 0 Å². The van der Waals surface area contributed by atoms with Crippen LogP contribution in [0.5, 0.6) is 0 Å². The van der Waals surface area contributed by atoms with Gasteiger partial charge < -0.3 is 10.2 Å². The maximum Gasteiger partial charge on any atom is 0.00797 e. The van der Waals surface area contributed by atoms with Gasteiger partial charge >= 0.3 is 0 Å². The number of nitrogens with one attached hydrogen (secondary N) is 1. The average molecular weight is 198 g/mol. The summed E-state index contributed by atoms with van der Waals surface area (Å²) in [6.07, 6.45) is 5.36. The van der Waals surface area contributed by atoms with E-state index in [4.69, 9.17) is 0 Å². The van der Waals surface area contributed by atoms with Gasteiger partial charge in [-0.3, -0.25) is 0 Å². The Kier molecular flexibility index (Phi) is 5.49. The smallest absolute Gasteiger partial charge is 0.00797 e. The molecule has 0 aliphatic carbocycles. The Morgan fingerprint density at radius 3 is 2.79 bits per heavy atom. The summed E-state index contributed by atoms with van der Waals surface area (Å²) >= 11 is 0. The third-order valence-electron chi connectivity index (χ3n) is 3.11. The third-order valence-corrected chi connectivity index (χ3v) is 3.11. The van der Waals surface area contributed by atoms with Crippen LogP contribution in [-0.4, -0.2) is 37.6 Å². The quantitative estimate of drug-likeness (QED) is 0.744. The first-order valence-corrected chi connectivity index (χ1v) is 6.10. The van der Waals surface area contributed by atoms with Crippen molar-refractivity contribution in [2.45, 2.75) is 45.6 Å². The molecule has 0 aromatic rings. The highest BCUT2D eigenvalue weighted by atomic mass is 15.1. The second kappa shape index (κ2) is 6.41. The van der Waals surface area contributed by atoms with Gasteiger partial charge in [-0.25, -0.2) is 0 Å². The maximum atomic E-state index is 3.69. The molecule has 1 aliphatic heterocycles. The molecule has 1 aliphatic rings. The lowest BCUT2D eigenvalue weighted by Gasteiger charge is -2.17. The Balaban J connectivity index is 2.11. The minimum absolute atomic E-state index is 0.777. The van der Waals surface area contributed by atoms with Crippen molar-refractivity contribution in [3.8, 4) is 0 Å². The largest absolute Gasteiger partial charge is 0.314 e. The fraction of sp³-hybridized carbons (Fsp3) is 1.00. The molecule has 2 nitrogen and oxygen atoms in total. The fourth-order valence-electron chi connectivity index (χ4n) is 2.02. The summed E-state index contributed by atoms with van der Waals surface area (Å²) in [7, 11) is 2.23. The van der Waals surface area contributed by atoms with Crippen LogP contribution in [0.3, 0.4) is 0 Å². The van der Waals surface area contributed by atoms with Gasteiger partial charge in [-0.15, -0.1) is 0 Å². The van der Waals surface area contributed by atoms with Gasteiger partial charge in [0.2, 0.25) is 0 Å². The standard InChI is InChI=1S/C12H26N2/c1-11(2)6-8-13-12-5-4-9-14(3)10-7-12/h11-13H,4-10H2,1-3H3. The molecule has 2 heteroatoms. The molecule has 1 heterocycles. The van der Waals surface area contributed by atoms with E-state index in [1.54, 1.807) is 0 Å². The second-order valence-corrected chi connectivity index (χ2v) is 5.07. The number of hydrogen-bond acceptors (Lipinski definition) is 2. The molecule has 1 fully saturated rings.